The molecule has 0 bridgehead atoms. The van der Waals surface area contributed by atoms with Crippen LogP contribution in [0, 0.1) is 31.6 Å². The number of carbonyl (C=O) groups is 2. The Balaban J connectivity index is 1.62. The summed E-state index contributed by atoms with van der Waals surface area (Å²) in [5.74, 6) is -2.92. The first-order chi connectivity index (χ1) is 22.7. The number of ether oxygens (including phenoxy) is 2. The first-order valence-corrected chi connectivity index (χ1v) is 15.6. The predicted octanol–water partition coefficient (Wildman–Crippen LogP) is 5.05. The van der Waals surface area contributed by atoms with Crippen LogP contribution in [-0.2, 0) is 30.9 Å². The van der Waals surface area contributed by atoms with E-state index in [1.54, 1.807) is 13.8 Å². The van der Waals surface area contributed by atoms with Gasteiger partial charge in [-0.3, -0.25) is 25.0 Å². The van der Waals surface area contributed by atoms with E-state index >= 15 is 9.59 Å². The normalized spacial score (nSPS) is 25.1. The molecule has 3 atom stereocenters. The maximum Gasteiger partial charge on any atom is 0.334 e. The highest BCUT2D eigenvalue weighted by atomic mass is 16.6. The second-order valence-corrected chi connectivity index (χ2v) is 12.2. The Morgan fingerprint density at radius 3 is 1.98 bits per heavy atom. The highest BCUT2D eigenvalue weighted by Gasteiger charge is 3.03. The number of benzene rings is 3. The average molecular weight is 632 g/mol. The van der Waals surface area contributed by atoms with Crippen LogP contribution in [0.1, 0.15) is 36.1 Å². The molecule has 3 aromatic carbocycles. The fourth-order valence-corrected chi connectivity index (χ4v) is 9.49. The van der Waals surface area contributed by atoms with Crippen LogP contribution >= 0.6 is 0 Å². The van der Waals surface area contributed by atoms with Crippen molar-refractivity contribution in [2.75, 3.05) is 19.8 Å². The number of rotatable bonds is 6. The molecule has 0 amide bonds. The zero-order valence-corrected chi connectivity index (χ0v) is 25.6. The Morgan fingerprint density at radius 1 is 0.809 bits per heavy atom. The summed E-state index contributed by atoms with van der Waals surface area (Å²) in [6.45, 7) is 3.49. The van der Waals surface area contributed by atoms with E-state index in [-0.39, 0.29) is 25.3 Å². The van der Waals surface area contributed by atoms with Crippen molar-refractivity contribution in [3.05, 3.63) is 144 Å². The van der Waals surface area contributed by atoms with Gasteiger partial charge in [-0.15, -0.1) is 0 Å². The summed E-state index contributed by atoms with van der Waals surface area (Å²) in [6.07, 6.45) is 2.74. The third-order valence-corrected chi connectivity index (χ3v) is 10.6. The molecule has 1 saturated carbocycles. The van der Waals surface area contributed by atoms with Crippen LogP contribution in [-0.4, -0.2) is 52.0 Å². The SMILES string of the molecule is CCOC(=O)C12C3C([N+](=O)[O-])=CC([N+](=O)[O-])=CC3=C3c4ccccc4CCN3C1(C(=O)OCC)C21c2ccccc2-c2ccccc21. The van der Waals surface area contributed by atoms with Gasteiger partial charge in [0, 0.05) is 23.9 Å². The molecule has 2 heterocycles. The quantitative estimate of drug-likeness (QED) is 0.207. The summed E-state index contributed by atoms with van der Waals surface area (Å²) in [7, 11) is 0. The number of hydrogen-bond donors (Lipinski definition) is 0. The molecular formula is C36H29N3O8. The van der Waals surface area contributed by atoms with Crippen molar-refractivity contribution in [2.24, 2.45) is 11.3 Å². The van der Waals surface area contributed by atoms with Crippen molar-refractivity contribution in [2.45, 2.75) is 31.2 Å². The van der Waals surface area contributed by atoms with Crippen LogP contribution in [0.25, 0.3) is 16.8 Å². The van der Waals surface area contributed by atoms with Gasteiger partial charge in [0.25, 0.3) is 11.4 Å². The molecular weight excluding hydrogens is 602 g/mol. The molecule has 2 aliphatic heterocycles. The van der Waals surface area contributed by atoms with Crippen molar-refractivity contribution in [3.8, 4) is 11.1 Å². The zero-order chi connectivity index (χ0) is 32.9. The molecule has 5 aliphatic rings. The highest BCUT2D eigenvalue weighted by molar-refractivity contribution is 6.12. The van der Waals surface area contributed by atoms with E-state index in [2.05, 4.69) is 0 Å². The molecule has 3 aromatic rings. The third kappa shape index (κ3) is 3.07. The van der Waals surface area contributed by atoms with Crippen LogP contribution < -0.4 is 0 Å². The van der Waals surface area contributed by atoms with Crippen molar-refractivity contribution in [1.82, 2.24) is 4.90 Å². The van der Waals surface area contributed by atoms with Crippen LogP contribution in [0.15, 0.2) is 102 Å². The molecule has 236 valence electrons. The Labute approximate surface area is 269 Å². The minimum Gasteiger partial charge on any atom is -0.465 e. The second-order valence-electron chi connectivity index (χ2n) is 12.2. The zero-order valence-electron chi connectivity index (χ0n) is 25.6. The number of hydrogen-bond acceptors (Lipinski definition) is 9. The molecule has 1 fully saturated rings. The van der Waals surface area contributed by atoms with Crippen molar-refractivity contribution in [3.63, 3.8) is 0 Å². The lowest BCUT2D eigenvalue weighted by Crippen LogP contribution is -2.58. The van der Waals surface area contributed by atoms with Gasteiger partial charge in [0.1, 0.15) is 5.41 Å². The number of nitrogens with zero attached hydrogens (tertiary/aromatic N) is 3. The van der Waals surface area contributed by atoms with Gasteiger partial charge in [0.2, 0.25) is 0 Å². The van der Waals surface area contributed by atoms with Crippen molar-refractivity contribution in [1.29, 1.82) is 0 Å². The van der Waals surface area contributed by atoms with E-state index in [1.165, 1.54) is 6.08 Å². The van der Waals surface area contributed by atoms with Gasteiger partial charge in [-0.25, -0.2) is 4.79 Å². The van der Waals surface area contributed by atoms with Crippen LogP contribution in [0.2, 0.25) is 0 Å². The summed E-state index contributed by atoms with van der Waals surface area (Å²) < 4.78 is 11.8. The molecule has 47 heavy (non-hydrogen) atoms. The fraction of sp³-hybridized carbons (Fsp3) is 0.278. The number of allylic oxidation sites excluding steroid dienone is 3. The lowest BCUT2D eigenvalue weighted by molar-refractivity contribution is -0.442. The minimum absolute atomic E-state index is 0.0107. The molecule has 1 spiro atoms. The van der Waals surface area contributed by atoms with Crippen LogP contribution in [0.3, 0.4) is 0 Å². The average Bonchev–Trinajstić information content (AvgIpc) is 3.57. The van der Waals surface area contributed by atoms with Gasteiger partial charge >= 0.3 is 11.9 Å². The number of esters is 2. The first kappa shape index (κ1) is 28.9. The van der Waals surface area contributed by atoms with E-state index in [9.17, 15) is 20.2 Å². The van der Waals surface area contributed by atoms with Gasteiger partial charge in [-0.05, 0) is 53.7 Å². The number of nitro groups is 2. The fourth-order valence-electron chi connectivity index (χ4n) is 9.49. The highest BCUT2D eigenvalue weighted by Crippen LogP contribution is 2.88. The molecule has 11 nitrogen and oxygen atoms in total. The van der Waals surface area contributed by atoms with Gasteiger partial charge in [-0.2, -0.15) is 0 Å². The molecule has 0 aromatic heterocycles. The maximum absolute atomic E-state index is 15.1. The van der Waals surface area contributed by atoms with Crippen LogP contribution in [0.5, 0.6) is 0 Å². The van der Waals surface area contributed by atoms with E-state index in [4.69, 9.17) is 9.47 Å². The van der Waals surface area contributed by atoms with E-state index in [0.717, 1.165) is 22.8 Å². The molecule has 0 saturated heterocycles. The van der Waals surface area contributed by atoms with Gasteiger partial charge < -0.3 is 14.4 Å². The monoisotopic (exact) mass is 631 g/mol. The Kier molecular flexibility index (Phi) is 5.96. The van der Waals surface area contributed by atoms with Gasteiger partial charge in [0.15, 0.2) is 5.54 Å². The lowest BCUT2D eigenvalue weighted by Gasteiger charge is -2.47. The number of fused-ring (bicyclic) bond motifs is 14. The third-order valence-electron chi connectivity index (χ3n) is 10.6. The molecule has 8 rings (SSSR count). The smallest absolute Gasteiger partial charge is 0.334 e. The lowest BCUT2D eigenvalue weighted by atomic mass is 9.67. The van der Waals surface area contributed by atoms with Crippen molar-refractivity contribution < 1.29 is 28.9 Å². The molecule has 3 aliphatic carbocycles. The largest absolute Gasteiger partial charge is 0.465 e. The maximum atomic E-state index is 15.1. The van der Waals surface area contributed by atoms with Crippen LogP contribution in [0.4, 0.5) is 0 Å². The summed E-state index contributed by atoms with van der Waals surface area (Å²) in [6, 6.07) is 22.5. The van der Waals surface area contributed by atoms with Gasteiger partial charge in [0.05, 0.1) is 40.5 Å². The Bertz CT molecular complexity index is 2020. The van der Waals surface area contributed by atoms with E-state index < -0.39 is 55.5 Å². The molecule has 0 radical (unpaired) electrons. The van der Waals surface area contributed by atoms with Gasteiger partial charge in [-0.1, -0.05) is 72.8 Å². The summed E-state index contributed by atoms with van der Waals surface area (Å²) >= 11 is 0. The van der Waals surface area contributed by atoms with Crippen molar-refractivity contribution >= 4 is 17.6 Å². The molecule has 0 N–H and O–H groups in total. The predicted molar refractivity (Wildman–Crippen MR) is 169 cm³/mol. The second kappa shape index (κ2) is 9.71. The van der Waals surface area contributed by atoms with E-state index in [1.807, 2.05) is 77.7 Å². The first-order valence-electron chi connectivity index (χ1n) is 15.6. The summed E-state index contributed by atoms with van der Waals surface area (Å²) in [5.41, 5.74) is -1.25. The summed E-state index contributed by atoms with van der Waals surface area (Å²) in [5, 5.41) is 25.5. The molecule has 3 unspecified atom stereocenters. The minimum atomic E-state index is -1.98. The summed E-state index contributed by atoms with van der Waals surface area (Å²) in [4.78, 5) is 56.3. The number of carbonyl (C=O) groups excluding carboxylic acids is 2. The van der Waals surface area contributed by atoms with E-state index in [0.29, 0.717) is 28.8 Å². The Hall–Kier alpha value is -5.58. The standard InChI is InChI=1S/C36H29N3O8/c1-3-46-32(40)35-30-26(19-22(38(42)43)20-29(30)39(44)45)31-23-12-6-5-11-21(23)17-18-37(31)36(35,33(41)47-4-2)34(35)27-15-9-7-13-24(27)25-14-8-10-16-28(25)34/h5-16,19-20,30H,3-4,17-18H2,1-2H3. The molecule has 11 heteroatoms. The topological polar surface area (TPSA) is 142 Å². The Morgan fingerprint density at radius 2 is 1.38 bits per heavy atom.